The van der Waals surface area contributed by atoms with Crippen molar-refractivity contribution in [2.75, 3.05) is 38.2 Å². The smallest absolute Gasteiger partial charge is 0.157 e. The monoisotopic (exact) mass is 365 g/mol. The van der Waals surface area contributed by atoms with Gasteiger partial charge in [0.1, 0.15) is 5.75 Å². The fraction of sp³-hybridized carbons (Fsp3) is 0.429. The summed E-state index contributed by atoms with van der Waals surface area (Å²) in [5.74, 6) is 0.906. The molecule has 0 bridgehead atoms. The minimum atomic E-state index is 0.906. The van der Waals surface area contributed by atoms with Crippen LogP contribution in [0.3, 0.4) is 0 Å². The van der Waals surface area contributed by atoms with Crippen LogP contribution >= 0.6 is 0 Å². The minimum Gasteiger partial charge on any atom is -0.497 e. The van der Waals surface area contributed by atoms with Crippen molar-refractivity contribution in [3.05, 3.63) is 47.8 Å². The maximum atomic E-state index is 5.27. The number of aromatic nitrogens is 3. The van der Waals surface area contributed by atoms with Crippen molar-refractivity contribution in [3.63, 3.8) is 0 Å². The molecule has 0 aliphatic carbocycles. The Bertz CT molecular complexity index is 918. The third-order valence-electron chi connectivity index (χ3n) is 5.35. The summed E-state index contributed by atoms with van der Waals surface area (Å²) in [4.78, 5) is 9.61. The van der Waals surface area contributed by atoms with Crippen LogP contribution < -0.4 is 9.64 Å². The molecular formula is C21H27N5O. The molecule has 3 heterocycles. The van der Waals surface area contributed by atoms with E-state index in [1.807, 2.05) is 37.0 Å². The molecule has 1 saturated heterocycles. The molecule has 0 unspecified atom stereocenters. The van der Waals surface area contributed by atoms with Crippen molar-refractivity contribution in [1.29, 1.82) is 0 Å². The molecule has 0 atom stereocenters. The van der Waals surface area contributed by atoms with E-state index in [2.05, 4.69) is 38.1 Å². The zero-order valence-corrected chi connectivity index (χ0v) is 16.4. The third kappa shape index (κ3) is 3.76. The molecule has 1 aliphatic heterocycles. The SMILES string of the molecule is COc1ccc(N2CCCN(Cc3cnc4c(c3)c(C)nn4C)CC2)cc1. The molecule has 0 radical (unpaired) electrons. The van der Waals surface area contributed by atoms with E-state index in [1.165, 1.54) is 11.3 Å². The largest absolute Gasteiger partial charge is 0.497 e. The lowest BCUT2D eigenvalue weighted by Gasteiger charge is -2.24. The molecule has 3 aromatic rings. The lowest BCUT2D eigenvalue weighted by molar-refractivity contribution is 0.285. The maximum absolute atomic E-state index is 5.27. The molecule has 27 heavy (non-hydrogen) atoms. The Morgan fingerprint density at radius 1 is 1.07 bits per heavy atom. The number of rotatable bonds is 4. The first-order chi connectivity index (χ1) is 13.1. The van der Waals surface area contributed by atoms with E-state index < -0.39 is 0 Å². The van der Waals surface area contributed by atoms with Gasteiger partial charge in [0.05, 0.1) is 12.8 Å². The summed E-state index contributed by atoms with van der Waals surface area (Å²) in [6, 6.07) is 10.6. The Morgan fingerprint density at radius 3 is 2.67 bits per heavy atom. The molecule has 4 rings (SSSR count). The Balaban J connectivity index is 1.43. The lowest BCUT2D eigenvalue weighted by Crippen LogP contribution is -2.30. The molecule has 0 saturated carbocycles. The van der Waals surface area contributed by atoms with Crippen LogP contribution in [0, 0.1) is 6.92 Å². The van der Waals surface area contributed by atoms with Crippen LogP contribution in [0.4, 0.5) is 5.69 Å². The molecule has 6 nitrogen and oxygen atoms in total. The maximum Gasteiger partial charge on any atom is 0.157 e. The number of nitrogens with zero attached hydrogens (tertiary/aromatic N) is 5. The summed E-state index contributed by atoms with van der Waals surface area (Å²) >= 11 is 0. The topological polar surface area (TPSA) is 46.4 Å². The first-order valence-corrected chi connectivity index (χ1v) is 9.53. The molecular weight excluding hydrogens is 338 g/mol. The summed E-state index contributed by atoms with van der Waals surface area (Å²) in [6.07, 6.45) is 3.16. The molecule has 1 fully saturated rings. The van der Waals surface area contributed by atoms with Crippen LogP contribution in [0.1, 0.15) is 17.7 Å². The Labute approximate surface area is 160 Å². The Morgan fingerprint density at radius 2 is 1.89 bits per heavy atom. The minimum absolute atomic E-state index is 0.906. The zero-order chi connectivity index (χ0) is 18.8. The molecule has 2 aromatic heterocycles. The Kier molecular flexibility index (Phi) is 4.99. The fourth-order valence-electron chi connectivity index (χ4n) is 3.88. The first-order valence-electron chi connectivity index (χ1n) is 9.53. The number of hydrogen-bond donors (Lipinski definition) is 0. The van der Waals surface area contributed by atoms with E-state index >= 15 is 0 Å². The van der Waals surface area contributed by atoms with E-state index in [4.69, 9.17) is 4.74 Å². The van der Waals surface area contributed by atoms with Gasteiger partial charge < -0.3 is 9.64 Å². The standard InChI is InChI=1S/C21H27N5O/c1-16-20-13-17(14-22-21(20)24(2)23-16)15-25-9-4-10-26(12-11-25)18-5-7-19(27-3)8-6-18/h5-8,13-14H,4,9-12,15H2,1-3H3. The average molecular weight is 365 g/mol. The predicted octanol–water partition coefficient (Wildman–Crippen LogP) is 3.00. The van der Waals surface area contributed by atoms with Crippen LogP contribution in [0.25, 0.3) is 11.0 Å². The van der Waals surface area contributed by atoms with E-state index in [0.717, 1.165) is 61.6 Å². The first kappa shape index (κ1) is 17.8. The van der Waals surface area contributed by atoms with Gasteiger partial charge in [-0.05, 0) is 49.2 Å². The van der Waals surface area contributed by atoms with Crippen LogP contribution in [0.2, 0.25) is 0 Å². The number of ether oxygens (including phenoxy) is 1. The summed E-state index contributed by atoms with van der Waals surface area (Å²) in [6.45, 7) is 7.27. The van der Waals surface area contributed by atoms with Crippen LogP contribution in [0.5, 0.6) is 5.75 Å². The van der Waals surface area contributed by atoms with Crippen molar-refractivity contribution in [2.24, 2.45) is 7.05 Å². The Hall–Kier alpha value is -2.60. The van der Waals surface area contributed by atoms with Gasteiger partial charge in [0.15, 0.2) is 5.65 Å². The van der Waals surface area contributed by atoms with E-state index in [9.17, 15) is 0 Å². The second kappa shape index (κ2) is 7.56. The molecule has 0 spiro atoms. The van der Waals surface area contributed by atoms with Gasteiger partial charge in [-0.25, -0.2) is 4.98 Å². The quantitative estimate of drug-likeness (QED) is 0.711. The fourth-order valence-corrected chi connectivity index (χ4v) is 3.88. The van der Waals surface area contributed by atoms with E-state index in [0.29, 0.717) is 0 Å². The van der Waals surface area contributed by atoms with E-state index in [-0.39, 0.29) is 0 Å². The highest BCUT2D eigenvalue weighted by Gasteiger charge is 2.16. The van der Waals surface area contributed by atoms with Crippen molar-refractivity contribution >= 4 is 16.7 Å². The molecule has 142 valence electrons. The zero-order valence-electron chi connectivity index (χ0n) is 16.4. The van der Waals surface area contributed by atoms with Gasteiger partial charge in [-0.3, -0.25) is 9.58 Å². The number of aryl methyl sites for hydroxylation is 2. The van der Waals surface area contributed by atoms with Gasteiger partial charge in [0.2, 0.25) is 0 Å². The number of benzene rings is 1. The third-order valence-corrected chi connectivity index (χ3v) is 5.35. The predicted molar refractivity (Wildman–Crippen MR) is 108 cm³/mol. The summed E-state index contributed by atoms with van der Waals surface area (Å²) in [5, 5.41) is 5.63. The second-order valence-corrected chi connectivity index (χ2v) is 7.24. The van der Waals surface area contributed by atoms with Gasteiger partial charge >= 0.3 is 0 Å². The van der Waals surface area contributed by atoms with Crippen molar-refractivity contribution in [2.45, 2.75) is 19.9 Å². The van der Waals surface area contributed by atoms with Gasteiger partial charge in [0, 0.05) is 57.0 Å². The van der Waals surface area contributed by atoms with Crippen LogP contribution in [-0.4, -0.2) is 53.0 Å². The molecule has 0 N–H and O–H groups in total. The molecule has 0 amide bonds. The number of hydrogen-bond acceptors (Lipinski definition) is 5. The lowest BCUT2D eigenvalue weighted by atomic mass is 10.2. The van der Waals surface area contributed by atoms with Crippen LogP contribution in [0.15, 0.2) is 36.5 Å². The normalized spacial score (nSPS) is 15.9. The highest BCUT2D eigenvalue weighted by molar-refractivity contribution is 5.78. The van der Waals surface area contributed by atoms with Crippen molar-refractivity contribution < 1.29 is 4.74 Å². The molecule has 1 aliphatic rings. The van der Waals surface area contributed by atoms with Gasteiger partial charge in [-0.15, -0.1) is 0 Å². The average Bonchev–Trinajstić information content (AvgIpc) is 2.85. The highest BCUT2D eigenvalue weighted by Crippen LogP contribution is 2.22. The van der Waals surface area contributed by atoms with E-state index in [1.54, 1.807) is 7.11 Å². The van der Waals surface area contributed by atoms with Gasteiger partial charge in [0.25, 0.3) is 0 Å². The second-order valence-electron chi connectivity index (χ2n) is 7.24. The van der Waals surface area contributed by atoms with Gasteiger partial charge in [-0.2, -0.15) is 5.10 Å². The van der Waals surface area contributed by atoms with Crippen molar-refractivity contribution in [3.8, 4) is 5.75 Å². The molecule has 1 aromatic carbocycles. The number of methoxy groups -OCH3 is 1. The summed E-state index contributed by atoms with van der Waals surface area (Å²) in [5.41, 5.74) is 4.53. The number of pyridine rings is 1. The number of anilines is 1. The van der Waals surface area contributed by atoms with Crippen LogP contribution in [-0.2, 0) is 13.6 Å². The number of fused-ring (bicyclic) bond motifs is 1. The summed E-state index contributed by atoms with van der Waals surface area (Å²) in [7, 11) is 3.66. The summed E-state index contributed by atoms with van der Waals surface area (Å²) < 4.78 is 7.12. The van der Waals surface area contributed by atoms with Crippen molar-refractivity contribution in [1.82, 2.24) is 19.7 Å². The van der Waals surface area contributed by atoms with Gasteiger partial charge in [-0.1, -0.05) is 0 Å². The molecule has 6 heteroatoms. The highest BCUT2D eigenvalue weighted by atomic mass is 16.5.